The van der Waals surface area contributed by atoms with E-state index in [9.17, 15) is 4.79 Å². The molecule has 0 aliphatic rings. The molecule has 0 aliphatic carbocycles. The van der Waals surface area contributed by atoms with Gasteiger partial charge in [0.2, 0.25) is 0 Å². The molecule has 1 aromatic carbocycles. The lowest BCUT2D eigenvalue weighted by molar-refractivity contribution is -0.136. The number of thioether (sulfide) groups is 1. The third kappa shape index (κ3) is 3.90. The van der Waals surface area contributed by atoms with Crippen molar-refractivity contribution in [1.82, 2.24) is 0 Å². The molecule has 1 unspecified atom stereocenters. The van der Waals surface area contributed by atoms with Gasteiger partial charge in [-0.05, 0) is 24.3 Å². The zero-order chi connectivity index (χ0) is 10.6. The number of carbonyl (C=O) groups is 1. The van der Waals surface area contributed by atoms with Crippen molar-refractivity contribution in [2.45, 2.75) is 10.3 Å². The minimum atomic E-state index is -0.976. The van der Waals surface area contributed by atoms with Crippen LogP contribution in [-0.2, 0) is 4.79 Å². The first kappa shape index (κ1) is 11.9. The lowest BCUT2D eigenvalue weighted by Crippen LogP contribution is -2.15. The Morgan fingerprint density at radius 1 is 1.50 bits per heavy atom. The van der Waals surface area contributed by atoms with Crippen LogP contribution in [0.4, 0.5) is 0 Å². The Morgan fingerprint density at radius 2 is 2.07 bits per heavy atom. The fraction of sp³-hybridized carbons (Fsp3) is 0.222. The quantitative estimate of drug-likeness (QED) is 0.684. The van der Waals surface area contributed by atoms with Gasteiger partial charge < -0.3 is 5.11 Å². The molecule has 0 aromatic heterocycles. The highest BCUT2D eigenvalue weighted by Gasteiger charge is 2.13. The number of halogens is 2. The van der Waals surface area contributed by atoms with Crippen LogP contribution in [0, 0.1) is 0 Å². The topological polar surface area (TPSA) is 37.3 Å². The van der Waals surface area contributed by atoms with Crippen LogP contribution < -0.4 is 0 Å². The van der Waals surface area contributed by atoms with Crippen LogP contribution in [-0.4, -0.2) is 22.2 Å². The summed E-state index contributed by atoms with van der Waals surface area (Å²) in [6.45, 7) is 0. The smallest absolute Gasteiger partial charge is 0.322 e. The van der Waals surface area contributed by atoms with E-state index in [2.05, 4.69) is 15.9 Å². The Bertz CT molecular complexity index is 315. The first-order valence-electron chi connectivity index (χ1n) is 3.85. The first-order chi connectivity index (χ1) is 6.59. The average molecular weight is 296 g/mol. The predicted octanol–water partition coefficient (Wildman–Crippen LogP) is 3.23. The number of hydrogen-bond acceptors (Lipinski definition) is 2. The minimum Gasteiger partial charge on any atom is -0.480 e. The van der Waals surface area contributed by atoms with E-state index in [1.54, 1.807) is 0 Å². The number of alkyl halides is 1. The highest BCUT2D eigenvalue weighted by Crippen LogP contribution is 2.22. The van der Waals surface area contributed by atoms with E-state index >= 15 is 0 Å². The van der Waals surface area contributed by atoms with Crippen LogP contribution in [0.1, 0.15) is 0 Å². The molecular formula is C9H8BrClO2S. The van der Waals surface area contributed by atoms with Crippen molar-refractivity contribution in [3.05, 3.63) is 28.7 Å². The third-order valence-corrected chi connectivity index (χ3v) is 3.64. The fourth-order valence-electron chi connectivity index (χ4n) is 0.771. The highest BCUT2D eigenvalue weighted by molar-refractivity contribution is 9.10. The summed E-state index contributed by atoms with van der Waals surface area (Å²) in [5.41, 5.74) is 0. The maximum Gasteiger partial charge on any atom is 0.322 e. The molecule has 0 spiro atoms. The number of aliphatic carboxylic acids is 1. The molecule has 1 rings (SSSR count). The molecule has 1 aromatic rings. The zero-order valence-corrected chi connectivity index (χ0v) is 10.3. The van der Waals surface area contributed by atoms with Crippen molar-refractivity contribution in [2.75, 3.05) is 5.75 Å². The molecule has 0 saturated carbocycles. The average Bonchev–Trinajstić information content (AvgIpc) is 2.16. The van der Waals surface area contributed by atoms with Crippen molar-refractivity contribution >= 4 is 45.3 Å². The van der Waals surface area contributed by atoms with Crippen LogP contribution in [0.25, 0.3) is 0 Å². The number of benzene rings is 1. The van der Waals surface area contributed by atoms with Crippen molar-refractivity contribution in [2.24, 2.45) is 0 Å². The Hall–Kier alpha value is -0.190. The molecule has 0 saturated heterocycles. The molecule has 14 heavy (non-hydrogen) atoms. The van der Waals surface area contributed by atoms with E-state index in [1.807, 2.05) is 24.3 Å². The van der Waals surface area contributed by atoms with Gasteiger partial charge >= 0.3 is 5.97 Å². The largest absolute Gasteiger partial charge is 0.480 e. The molecule has 0 heterocycles. The van der Waals surface area contributed by atoms with Crippen molar-refractivity contribution in [1.29, 1.82) is 0 Å². The van der Waals surface area contributed by atoms with Gasteiger partial charge in [0.05, 0.1) is 0 Å². The second-order valence-electron chi connectivity index (χ2n) is 2.57. The first-order valence-corrected chi connectivity index (χ1v) is 6.06. The molecule has 76 valence electrons. The van der Waals surface area contributed by atoms with E-state index in [0.717, 1.165) is 9.37 Å². The Morgan fingerprint density at radius 3 is 2.57 bits per heavy atom. The van der Waals surface area contributed by atoms with E-state index < -0.39 is 11.3 Å². The molecule has 0 radical (unpaired) electrons. The van der Waals surface area contributed by atoms with Crippen LogP contribution >= 0.6 is 39.3 Å². The zero-order valence-electron chi connectivity index (χ0n) is 7.11. The highest BCUT2D eigenvalue weighted by atomic mass is 79.9. The van der Waals surface area contributed by atoms with E-state index in [-0.39, 0.29) is 0 Å². The summed E-state index contributed by atoms with van der Waals surface area (Å²) in [5.74, 6) is -0.602. The number of rotatable bonds is 4. The van der Waals surface area contributed by atoms with Gasteiger partial charge in [-0.25, -0.2) is 0 Å². The monoisotopic (exact) mass is 294 g/mol. The van der Waals surface area contributed by atoms with Crippen molar-refractivity contribution in [3.63, 3.8) is 0 Å². The van der Waals surface area contributed by atoms with E-state index in [4.69, 9.17) is 16.7 Å². The minimum absolute atomic E-state index is 0.374. The normalized spacial score (nSPS) is 12.4. The second-order valence-corrected chi connectivity index (χ2v) is 5.11. The molecule has 1 N–H and O–H groups in total. The summed E-state index contributed by atoms with van der Waals surface area (Å²) in [6, 6.07) is 7.65. The molecule has 1 atom stereocenters. The second kappa shape index (κ2) is 5.63. The van der Waals surface area contributed by atoms with Gasteiger partial charge in [0.25, 0.3) is 0 Å². The van der Waals surface area contributed by atoms with Gasteiger partial charge in [-0.3, -0.25) is 4.79 Å². The van der Waals surface area contributed by atoms with Crippen LogP contribution in [0.2, 0.25) is 0 Å². The van der Waals surface area contributed by atoms with Crippen LogP contribution in [0.15, 0.2) is 33.6 Å². The van der Waals surface area contributed by atoms with Gasteiger partial charge in [0, 0.05) is 15.1 Å². The molecule has 2 nitrogen and oxygen atoms in total. The molecule has 0 fully saturated rings. The maximum absolute atomic E-state index is 10.4. The summed E-state index contributed by atoms with van der Waals surface area (Å²) in [6.07, 6.45) is 0. The molecule has 5 heteroatoms. The Labute approximate surface area is 99.8 Å². The van der Waals surface area contributed by atoms with Gasteiger partial charge in [-0.1, -0.05) is 15.9 Å². The Balaban J connectivity index is 2.46. The number of hydrogen-bond donors (Lipinski definition) is 1. The van der Waals surface area contributed by atoms with Crippen molar-refractivity contribution in [3.8, 4) is 0 Å². The SMILES string of the molecule is O=C(O)C(Cl)CSc1ccc(Br)cc1. The van der Waals surface area contributed by atoms with Gasteiger partial charge in [0.15, 0.2) is 0 Å². The molecule has 0 bridgehead atoms. The lowest BCUT2D eigenvalue weighted by atomic mass is 10.4. The van der Waals surface area contributed by atoms with Crippen LogP contribution in [0.3, 0.4) is 0 Å². The van der Waals surface area contributed by atoms with E-state index in [1.165, 1.54) is 11.8 Å². The summed E-state index contributed by atoms with van der Waals surface area (Å²) >= 11 is 10.3. The fourth-order valence-corrected chi connectivity index (χ4v) is 2.03. The van der Waals surface area contributed by atoms with Crippen LogP contribution in [0.5, 0.6) is 0 Å². The number of carboxylic acids is 1. The summed E-state index contributed by atoms with van der Waals surface area (Å²) in [7, 11) is 0. The summed E-state index contributed by atoms with van der Waals surface area (Å²) in [4.78, 5) is 11.4. The maximum atomic E-state index is 10.4. The number of carboxylic acid groups (broad SMARTS) is 1. The van der Waals surface area contributed by atoms with Gasteiger partial charge in [-0.15, -0.1) is 23.4 Å². The standard InChI is InChI=1S/C9H8BrClO2S/c10-6-1-3-7(4-2-6)14-5-8(11)9(12)13/h1-4,8H,5H2,(H,12,13). The predicted molar refractivity (Wildman–Crippen MR) is 62.1 cm³/mol. The summed E-state index contributed by atoms with van der Waals surface area (Å²) in [5, 5.41) is 7.72. The lowest BCUT2D eigenvalue weighted by Gasteiger charge is -2.03. The molecule has 0 amide bonds. The molecular weight excluding hydrogens is 288 g/mol. The molecule has 0 aliphatic heterocycles. The Kier molecular flexibility index (Phi) is 4.78. The van der Waals surface area contributed by atoms with Gasteiger partial charge in [-0.2, -0.15) is 0 Å². The van der Waals surface area contributed by atoms with E-state index in [0.29, 0.717) is 5.75 Å². The third-order valence-electron chi connectivity index (χ3n) is 1.48. The van der Waals surface area contributed by atoms with Crippen molar-refractivity contribution < 1.29 is 9.90 Å². The van der Waals surface area contributed by atoms with Gasteiger partial charge in [0.1, 0.15) is 5.38 Å². The summed E-state index contributed by atoms with van der Waals surface area (Å²) < 4.78 is 1.00.